The summed E-state index contributed by atoms with van der Waals surface area (Å²) in [6, 6.07) is 8.69. The average Bonchev–Trinajstić information content (AvgIpc) is 2.62. The second-order valence-corrected chi connectivity index (χ2v) is 9.39. The highest BCUT2D eigenvalue weighted by atomic mass is 19.1. The number of nitriles is 1. The lowest BCUT2D eigenvalue weighted by atomic mass is 9.52. The smallest absolute Gasteiger partial charge is 0.237 e. The summed E-state index contributed by atoms with van der Waals surface area (Å²) in [5.74, 6) is 2.19. The first-order chi connectivity index (χ1) is 13.5. The normalized spacial score (nSPS) is 30.4. The number of likely N-dealkylation sites (N-methyl/N-ethyl adjacent to an activating group) is 1. The van der Waals surface area contributed by atoms with Crippen LogP contribution in [0.25, 0.3) is 0 Å². The fraction of sp³-hybridized carbons (Fsp3) is 0.652. The Morgan fingerprint density at radius 1 is 1.14 bits per heavy atom. The second kappa shape index (κ2) is 7.83. The van der Waals surface area contributed by atoms with Crippen LogP contribution in [0.2, 0.25) is 0 Å². The molecule has 4 bridgehead atoms. The Balaban J connectivity index is 1.45. The van der Waals surface area contributed by atoms with Crippen LogP contribution in [0.1, 0.15) is 50.5 Å². The Labute approximate surface area is 167 Å². The average molecular weight is 384 g/mol. The highest BCUT2D eigenvalue weighted by Gasteiger charge is 2.54. The van der Waals surface area contributed by atoms with Crippen LogP contribution in [0.5, 0.6) is 0 Å². The summed E-state index contributed by atoms with van der Waals surface area (Å²) < 4.78 is 13.1. The predicted octanol–water partition coefficient (Wildman–Crippen LogP) is 3.97. The first-order valence-electron chi connectivity index (χ1n) is 10.6. The molecule has 0 heterocycles. The molecule has 4 nitrogen and oxygen atoms in total. The van der Waals surface area contributed by atoms with E-state index in [1.54, 1.807) is 12.1 Å². The summed E-state index contributed by atoms with van der Waals surface area (Å²) in [4.78, 5) is 17.4. The Bertz CT molecular complexity index is 719. The van der Waals surface area contributed by atoms with E-state index in [1.807, 2.05) is 11.9 Å². The molecule has 150 valence electrons. The lowest BCUT2D eigenvalue weighted by molar-refractivity contribution is -0.151. The fourth-order valence-corrected chi connectivity index (χ4v) is 6.46. The molecule has 4 fully saturated rings. The number of hydrogen-bond donors (Lipinski definition) is 0. The molecule has 0 N–H and O–H groups in total. The van der Waals surface area contributed by atoms with Crippen LogP contribution in [-0.2, 0) is 11.3 Å². The Morgan fingerprint density at radius 2 is 1.71 bits per heavy atom. The predicted molar refractivity (Wildman–Crippen MR) is 106 cm³/mol. The number of benzene rings is 1. The summed E-state index contributed by atoms with van der Waals surface area (Å²) in [6.07, 6.45) is 7.78. The van der Waals surface area contributed by atoms with Crippen molar-refractivity contribution in [2.75, 3.05) is 20.1 Å². The second-order valence-electron chi connectivity index (χ2n) is 9.39. The van der Waals surface area contributed by atoms with E-state index in [9.17, 15) is 9.18 Å². The molecular weight excluding hydrogens is 353 g/mol. The third kappa shape index (κ3) is 3.93. The van der Waals surface area contributed by atoms with Gasteiger partial charge in [0.1, 0.15) is 5.82 Å². The molecular formula is C23H30FN3O. The summed E-state index contributed by atoms with van der Waals surface area (Å²) >= 11 is 0. The van der Waals surface area contributed by atoms with Crippen LogP contribution in [0, 0.1) is 34.9 Å². The van der Waals surface area contributed by atoms with Gasteiger partial charge < -0.3 is 4.90 Å². The molecule has 0 atom stereocenters. The van der Waals surface area contributed by atoms with Crippen molar-refractivity contribution in [2.24, 2.45) is 17.8 Å². The van der Waals surface area contributed by atoms with Gasteiger partial charge in [0.05, 0.1) is 19.0 Å². The van der Waals surface area contributed by atoms with Crippen molar-refractivity contribution in [1.82, 2.24) is 9.80 Å². The SMILES string of the molecule is CN(CC(=O)N(CCC#N)C12CC3CC(CC(C3)C1)C2)Cc1ccc(F)cc1. The van der Waals surface area contributed by atoms with E-state index >= 15 is 0 Å². The molecule has 0 aromatic heterocycles. The van der Waals surface area contributed by atoms with E-state index in [0.29, 0.717) is 26.1 Å². The van der Waals surface area contributed by atoms with E-state index in [1.165, 1.54) is 31.4 Å². The van der Waals surface area contributed by atoms with Crippen molar-refractivity contribution in [3.8, 4) is 6.07 Å². The lowest BCUT2D eigenvalue weighted by Crippen LogP contribution is -2.62. The summed E-state index contributed by atoms with van der Waals surface area (Å²) in [5.41, 5.74) is 0.981. The molecule has 0 aliphatic heterocycles. The molecule has 1 aromatic carbocycles. The maximum Gasteiger partial charge on any atom is 0.237 e. The number of hydrogen-bond acceptors (Lipinski definition) is 3. The van der Waals surface area contributed by atoms with E-state index in [0.717, 1.165) is 42.6 Å². The number of carbonyl (C=O) groups excluding carboxylic acids is 1. The molecule has 5 heteroatoms. The zero-order valence-electron chi connectivity index (χ0n) is 16.7. The van der Waals surface area contributed by atoms with E-state index in [-0.39, 0.29) is 17.3 Å². The van der Waals surface area contributed by atoms with Crippen LogP contribution >= 0.6 is 0 Å². The molecule has 4 aliphatic rings. The van der Waals surface area contributed by atoms with Gasteiger partial charge in [-0.15, -0.1) is 0 Å². The quantitative estimate of drug-likeness (QED) is 0.716. The maximum absolute atomic E-state index is 13.3. The van der Waals surface area contributed by atoms with Crippen molar-refractivity contribution in [3.63, 3.8) is 0 Å². The monoisotopic (exact) mass is 383 g/mol. The van der Waals surface area contributed by atoms with Crippen LogP contribution in [-0.4, -0.2) is 41.4 Å². The van der Waals surface area contributed by atoms with Gasteiger partial charge in [-0.1, -0.05) is 12.1 Å². The number of rotatable bonds is 7. The van der Waals surface area contributed by atoms with E-state index in [2.05, 4.69) is 11.0 Å². The van der Waals surface area contributed by atoms with E-state index < -0.39 is 0 Å². The molecule has 0 saturated heterocycles. The third-order valence-electron chi connectivity index (χ3n) is 7.10. The highest BCUT2D eigenvalue weighted by Crippen LogP contribution is 2.57. The lowest BCUT2D eigenvalue weighted by Gasteiger charge is -2.60. The van der Waals surface area contributed by atoms with Crippen molar-refractivity contribution in [1.29, 1.82) is 5.26 Å². The van der Waals surface area contributed by atoms with Crippen molar-refractivity contribution >= 4 is 5.91 Å². The van der Waals surface area contributed by atoms with Crippen LogP contribution in [0.15, 0.2) is 24.3 Å². The summed E-state index contributed by atoms with van der Waals surface area (Å²) in [5, 5.41) is 9.15. The van der Waals surface area contributed by atoms with Gasteiger partial charge >= 0.3 is 0 Å². The van der Waals surface area contributed by atoms with Crippen LogP contribution in [0.4, 0.5) is 4.39 Å². The minimum atomic E-state index is -0.244. The van der Waals surface area contributed by atoms with Gasteiger partial charge in [0.2, 0.25) is 5.91 Å². The van der Waals surface area contributed by atoms with Gasteiger partial charge in [-0.2, -0.15) is 5.26 Å². The van der Waals surface area contributed by atoms with Gasteiger partial charge in [0, 0.05) is 18.6 Å². The molecule has 0 spiro atoms. The maximum atomic E-state index is 13.3. The highest BCUT2D eigenvalue weighted by molar-refractivity contribution is 5.79. The molecule has 1 amide bonds. The van der Waals surface area contributed by atoms with Crippen LogP contribution < -0.4 is 0 Å². The topological polar surface area (TPSA) is 47.3 Å². The number of nitrogens with zero attached hydrogens (tertiary/aromatic N) is 3. The van der Waals surface area contributed by atoms with Gasteiger partial charge in [-0.05, 0) is 81.0 Å². The molecule has 0 unspecified atom stereocenters. The van der Waals surface area contributed by atoms with Crippen LogP contribution in [0.3, 0.4) is 0 Å². The molecule has 4 saturated carbocycles. The van der Waals surface area contributed by atoms with Gasteiger partial charge in [-0.3, -0.25) is 9.69 Å². The summed E-state index contributed by atoms with van der Waals surface area (Å²) in [6.45, 7) is 1.50. The van der Waals surface area contributed by atoms with Crippen molar-refractivity contribution in [2.45, 2.75) is 57.0 Å². The van der Waals surface area contributed by atoms with Gasteiger partial charge in [0.15, 0.2) is 0 Å². The molecule has 0 radical (unpaired) electrons. The Kier molecular flexibility index (Phi) is 5.42. The summed E-state index contributed by atoms with van der Waals surface area (Å²) in [7, 11) is 1.93. The minimum absolute atomic E-state index is 0.0145. The third-order valence-corrected chi connectivity index (χ3v) is 7.10. The van der Waals surface area contributed by atoms with Gasteiger partial charge in [0.25, 0.3) is 0 Å². The van der Waals surface area contributed by atoms with Crippen molar-refractivity contribution in [3.05, 3.63) is 35.6 Å². The number of amides is 1. The largest absolute Gasteiger partial charge is 0.335 e. The fourth-order valence-electron chi connectivity index (χ4n) is 6.46. The Hall–Kier alpha value is -1.93. The van der Waals surface area contributed by atoms with Crippen molar-refractivity contribution < 1.29 is 9.18 Å². The molecule has 28 heavy (non-hydrogen) atoms. The molecule has 4 aliphatic carbocycles. The van der Waals surface area contributed by atoms with Gasteiger partial charge in [-0.25, -0.2) is 4.39 Å². The Morgan fingerprint density at radius 3 is 2.25 bits per heavy atom. The number of carbonyl (C=O) groups is 1. The van der Waals surface area contributed by atoms with E-state index in [4.69, 9.17) is 5.26 Å². The standard InChI is InChI=1S/C23H30FN3O/c1-26(15-17-3-5-21(24)6-4-17)16-22(28)27(8-2-7-25)23-12-18-9-19(13-23)11-20(10-18)14-23/h3-6,18-20H,2,8-16H2,1H3. The minimum Gasteiger partial charge on any atom is -0.335 e. The zero-order valence-corrected chi connectivity index (χ0v) is 16.7. The molecule has 1 aromatic rings. The number of halogens is 1. The molecule has 5 rings (SSSR count). The zero-order chi connectivity index (χ0) is 19.7. The first kappa shape index (κ1) is 19.4. The first-order valence-corrected chi connectivity index (χ1v) is 10.6.